The Balaban J connectivity index is 2.00. The van der Waals surface area contributed by atoms with Crippen LogP contribution in [0.15, 0.2) is 12.2 Å². The lowest BCUT2D eigenvalue weighted by Crippen LogP contribution is -2.48. The van der Waals surface area contributed by atoms with Gasteiger partial charge in [0.1, 0.15) is 0 Å². The molecule has 0 N–H and O–H groups in total. The first-order valence-corrected chi connectivity index (χ1v) is 13.7. The molecule has 0 radical (unpaired) electrons. The van der Waals surface area contributed by atoms with Crippen LogP contribution in [0.3, 0.4) is 0 Å². The van der Waals surface area contributed by atoms with Crippen molar-refractivity contribution < 1.29 is 14.0 Å². The third-order valence-corrected chi connectivity index (χ3v) is 12.9. The Bertz CT molecular complexity index is 630. The molecule has 3 fully saturated rings. The van der Waals surface area contributed by atoms with Gasteiger partial charge >= 0.3 is 5.97 Å². The van der Waals surface area contributed by atoms with Crippen LogP contribution in [0, 0.1) is 28.6 Å². The smallest absolute Gasteiger partial charge is 0.309 e. The lowest BCUT2D eigenvalue weighted by atomic mass is 9.68. The van der Waals surface area contributed by atoms with Crippen molar-refractivity contribution in [2.45, 2.75) is 91.5 Å². The van der Waals surface area contributed by atoms with Gasteiger partial charge in [0.05, 0.1) is 18.6 Å². The van der Waals surface area contributed by atoms with Gasteiger partial charge in [-0.1, -0.05) is 46.8 Å². The van der Waals surface area contributed by atoms with E-state index in [1.807, 2.05) is 6.92 Å². The van der Waals surface area contributed by atoms with E-state index in [0.29, 0.717) is 18.4 Å². The first-order chi connectivity index (χ1) is 12.3. The highest BCUT2D eigenvalue weighted by Gasteiger charge is 2.71. The van der Waals surface area contributed by atoms with E-state index < -0.39 is 8.32 Å². The van der Waals surface area contributed by atoms with E-state index in [2.05, 4.69) is 54.3 Å². The maximum Gasteiger partial charge on any atom is 0.309 e. The van der Waals surface area contributed by atoms with Crippen LogP contribution in [0.2, 0.25) is 18.1 Å². The van der Waals surface area contributed by atoms with Gasteiger partial charge in [0.15, 0.2) is 8.32 Å². The number of hydrogen-bond donors (Lipinski definition) is 0. The van der Waals surface area contributed by atoms with Gasteiger partial charge < -0.3 is 9.16 Å². The van der Waals surface area contributed by atoms with Crippen molar-refractivity contribution in [3.8, 4) is 0 Å². The molecule has 0 aromatic carbocycles. The van der Waals surface area contributed by atoms with Crippen molar-refractivity contribution in [1.29, 1.82) is 0 Å². The third kappa shape index (κ3) is 3.06. The summed E-state index contributed by atoms with van der Waals surface area (Å²) < 4.78 is 12.6. The minimum Gasteiger partial charge on any atom is -0.466 e. The van der Waals surface area contributed by atoms with Gasteiger partial charge in [-0.15, -0.1) is 0 Å². The fourth-order valence-electron chi connectivity index (χ4n) is 6.35. The first-order valence-electron chi connectivity index (χ1n) is 10.8. The first kappa shape index (κ1) is 21.1. The molecule has 3 unspecified atom stereocenters. The van der Waals surface area contributed by atoms with E-state index in [9.17, 15) is 4.79 Å². The molecule has 0 aromatic heterocycles. The second-order valence-electron chi connectivity index (χ2n) is 11.5. The van der Waals surface area contributed by atoms with Crippen molar-refractivity contribution in [1.82, 2.24) is 0 Å². The topological polar surface area (TPSA) is 35.5 Å². The van der Waals surface area contributed by atoms with Crippen LogP contribution < -0.4 is 0 Å². The summed E-state index contributed by atoms with van der Waals surface area (Å²) in [5.74, 6) is 0.891. The maximum absolute atomic E-state index is 12.9. The fraction of sp³-hybridized carbons (Fsp3) is 0.870. The molecule has 0 amide bonds. The SMILES string of the molecule is C=C1CC2[C@@H](O[Si](C)(C)C(C)(C)C)C(C)(C)CC23C1CC[C@H]3C(=O)OCC. The van der Waals surface area contributed by atoms with E-state index in [-0.39, 0.29) is 33.9 Å². The Morgan fingerprint density at radius 3 is 2.44 bits per heavy atom. The van der Waals surface area contributed by atoms with Crippen molar-refractivity contribution >= 4 is 14.3 Å². The normalized spacial score (nSPS) is 38.0. The largest absolute Gasteiger partial charge is 0.466 e. The molecule has 3 aliphatic rings. The van der Waals surface area contributed by atoms with Gasteiger partial charge in [0, 0.05) is 0 Å². The lowest BCUT2D eigenvalue weighted by Gasteiger charge is -2.43. The van der Waals surface area contributed by atoms with Crippen LogP contribution in [0.1, 0.15) is 67.2 Å². The maximum atomic E-state index is 12.9. The summed E-state index contributed by atoms with van der Waals surface area (Å²) in [6.45, 7) is 23.2. The van der Waals surface area contributed by atoms with Crippen molar-refractivity contribution in [3.63, 3.8) is 0 Å². The standard InChI is InChI=1S/C23H40O3Si/c1-10-25-20(24)17-12-11-16-15(2)13-18-19(22(6,7)14-23(16,17)18)26-27(8,9)21(3,4)5/h16-19H,2,10-14H2,1,3-9H3/t16?,17-,18?,19+,23?/m0/s1. The van der Waals surface area contributed by atoms with Gasteiger partial charge in [0.2, 0.25) is 0 Å². The summed E-state index contributed by atoms with van der Waals surface area (Å²) in [6, 6.07) is 0. The van der Waals surface area contributed by atoms with Gasteiger partial charge in [-0.05, 0) is 73.4 Å². The van der Waals surface area contributed by atoms with Gasteiger partial charge in [-0.25, -0.2) is 0 Å². The summed E-state index contributed by atoms with van der Waals surface area (Å²) in [4.78, 5) is 12.9. The quantitative estimate of drug-likeness (QED) is 0.336. The van der Waals surface area contributed by atoms with Crippen molar-refractivity contribution in [3.05, 3.63) is 12.2 Å². The Kier molecular flexibility index (Phi) is 5.04. The number of rotatable bonds is 4. The molecule has 3 aliphatic carbocycles. The highest BCUT2D eigenvalue weighted by Crippen LogP contribution is 2.73. The Labute approximate surface area is 167 Å². The number of carbonyl (C=O) groups is 1. The fourth-order valence-corrected chi connectivity index (χ4v) is 7.82. The van der Waals surface area contributed by atoms with Crippen LogP contribution in [-0.2, 0) is 14.0 Å². The molecule has 0 saturated heterocycles. The average Bonchev–Trinajstić information content (AvgIpc) is 3.05. The second kappa shape index (κ2) is 6.45. The summed E-state index contributed by atoms with van der Waals surface area (Å²) in [6.07, 6.45) is 4.31. The zero-order valence-electron chi connectivity index (χ0n) is 18.8. The second-order valence-corrected chi connectivity index (χ2v) is 16.2. The molecular formula is C23H40O3Si. The van der Waals surface area contributed by atoms with Crippen LogP contribution in [0.5, 0.6) is 0 Å². The number of esters is 1. The van der Waals surface area contributed by atoms with E-state index in [1.54, 1.807) is 0 Å². The summed E-state index contributed by atoms with van der Waals surface area (Å²) in [7, 11) is -1.90. The Morgan fingerprint density at radius 2 is 1.89 bits per heavy atom. The molecule has 3 rings (SSSR count). The molecule has 27 heavy (non-hydrogen) atoms. The van der Waals surface area contributed by atoms with Crippen LogP contribution in [0.25, 0.3) is 0 Å². The molecule has 3 saturated carbocycles. The molecule has 0 heterocycles. The number of ether oxygens (including phenoxy) is 1. The highest BCUT2D eigenvalue weighted by molar-refractivity contribution is 6.74. The van der Waals surface area contributed by atoms with Crippen molar-refractivity contribution in [2.75, 3.05) is 6.61 Å². The summed E-state index contributed by atoms with van der Waals surface area (Å²) in [5, 5.41) is 0.185. The zero-order chi connectivity index (χ0) is 20.4. The number of allylic oxidation sites excluding steroid dienone is 1. The Morgan fingerprint density at radius 1 is 1.26 bits per heavy atom. The monoisotopic (exact) mass is 392 g/mol. The Hall–Kier alpha value is -0.613. The minimum atomic E-state index is -1.90. The highest BCUT2D eigenvalue weighted by atomic mass is 28.4. The summed E-state index contributed by atoms with van der Waals surface area (Å²) in [5.41, 5.74) is 1.43. The molecule has 0 bridgehead atoms. The van der Waals surface area contributed by atoms with Gasteiger partial charge in [-0.2, -0.15) is 0 Å². The molecule has 1 spiro atoms. The minimum absolute atomic E-state index is 0.000131. The van der Waals surface area contributed by atoms with E-state index in [4.69, 9.17) is 9.16 Å². The van der Waals surface area contributed by atoms with Gasteiger partial charge in [0.25, 0.3) is 0 Å². The van der Waals surface area contributed by atoms with Crippen LogP contribution >= 0.6 is 0 Å². The molecule has 3 nitrogen and oxygen atoms in total. The predicted molar refractivity (Wildman–Crippen MR) is 113 cm³/mol. The van der Waals surface area contributed by atoms with E-state index >= 15 is 0 Å². The molecule has 0 aliphatic heterocycles. The summed E-state index contributed by atoms with van der Waals surface area (Å²) >= 11 is 0. The molecule has 4 heteroatoms. The molecule has 0 aromatic rings. The zero-order valence-corrected chi connectivity index (χ0v) is 19.8. The van der Waals surface area contributed by atoms with Gasteiger partial charge in [-0.3, -0.25) is 4.79 Å². The van der Waals surface area contributed by atoms with E-state index in [0.717, 1.165) is 25.7 Å². The molecule has 5 atom stereocenters. The molecule has 154 valence electrons. The third-order valence-electron chi connectivity index (χ3n) is 8.40. The van der Waals surface area contributed by atoms with Crippen molar-refractivity contribution in [2.24, 2.45) is 28.6 Å². The van der Waals surface area contributed by atoms with Crippen LogP contribution in [0.4, 0.5) is 0 Å². The molecular weight excluding hydrogens is 352 g/mol. The number of hydrogen-bond acceptors (Lipinski definition) is 3. The lowest BCUT2D eigenvalue weighted by molar-refractivity contribution is -0.153. The van der Waals surface area contributed by atoms with Crippen LogP contribution in [-0.4, -0.2) is 27.0 Å². The predicted octanol–water partition coefficient (Wildman–Crippen LogP) is 5.96. The number of carbonyl (C=O) groups excluding carboxylic acids is 1. The average molecular weight is 393 g/mol. The van der Waals surface area contributed by atoms with E-state index in [1.165, 1.54) is 5.57 Å².